The summed E-state index contributed by atoms with van der Waals surface area (Å²) in [5.41, 5.74) is 7.08. The molecule has 1 aliphatic carbocycles. The second-order valence-electron chi connectivity index (χ2n) is 5.40. The van der Waals surface area contributed by atoms with Crippen LogP contribution in [0.15, 0.2) is 24.3 Å². The Morgan fingerprint density at radius 3 is 2.60 bits per heavy atom. The van der Waals surface area contributed by atoms with Crippen LogP contribution in [0.25, 0.3) is 0 Å². The number of rotatable bonds is 6. The van der Waals surface area contributed by atoms with Gasteiger partial charge in [0, 0.05) is 24.4 Å². The molecule has 110 valence electrons. The highest BCUT2D eigenvalue weighted by Gasteiger charge is 2.13. The van der Waals surface area contributed by atoms with Crippen molar-refractivity contribution < 1.29 is 9.53 Å². The summed E-state index contributed by atoms with van der Waals surface area (Å²) >= 11 is 0. The third-order valence-electron chi connectivity index (χ3n) is 3.65. The Morgan fingerprint density at radius 2 is 1.90 bits per heavy atom. The van der Waals surface area contributed by atoms with Crippen molar-refractivity contribution in [3.05, 3.63) is 24.3 Å². The Balaban J connectivity index is 1.59. The fraction of sp³-hybridized carbons (Fsp3) is 0.562. The highest BCUT2D eigenvalue weighted by Crippen LogP contribution is 2.20. The van der Waals surface area contributed by atoms with E-state index >= 15 is 0 Å². The molecule has 1 aliphatic rings. The first kappa shape index (κ1) is 14.9. The molecule has 0 saturated heterocycles. The normalized spacial score (nSPS) is 16.0. The van der Waals surface area contributed by atoms with Gasteiger partial charge in [-0.2, -0.15) is 0 Å². The zero-order valence-corrected chi connectivity index (χ0v) is 11.9. The molecule has 1 amide bonds. The van der Waals surface area contributed by atoms with Crippen LogP contribution in [0, 0.1) is 0 Å². The zero-order valence-electron chi connectivity index (χ0n) is 11.9. The van der Waals surface area contributed by atoms with Crippen LogP contribution < -0.4 is 11.1 Å². The number of nitrogens with two attached hydrogens (primary N) is 1. The van der Waals surface area contributed by atoms with Gasteiger partial charge in [-0.3, -0.25) is 4.79 Å². The Kier molecular flexibility index (Phi) is 5.87. The molecule has 0 heterocycles. The van der Waals surface area contributed by atoms with Crippen LogP contribution >= 0.6 is 0 Å². The highest BCUT2D eigenvalue weighted by molar-refractivity contribution is 5.90. The topological polar surface area (TPSA) is 64.3 Å². The molecule has 0 atom stereocenters. The third-order valence-corrected chi connectivity index (χ3v) is 3.65. The lowest BCUT2D eigenvalue weighted by atomic mass is 9.98. The monoisotopic (exact) mass is 276 g/mol. The third kappa shape index (κ3) is 5.21. The first-order valence-electron chi connectivity index (χ1n) is 7.51. The van der Waals surface area contributed by atoms with Crippen molar-refractivity contribution in [3.8, 4) is 0 Å². The molecule has 0 radical (unpaired) electrons. The molecule has 1 aromatic rings. The summed E-state index contributed by atoms with van der Waals surface area (Å²) in [5, 5.41) is 2.86. The van der Waals surface area contributed by atoms with E-state index in [1.54, 1.807) is 12.1 Å². The fourth-order valence-corrected chi connectivity index (χ4v) is 2.50. The predicted octanol–water partition coefficient (Wildman–Crippen LogP) is 3.34. The van der Waals surface area contributed by atoms with Gasteiger partial charge >= 0.3 is 0 Å². The van der Waals surface area contributed by atoms with Gasteiger partial charge in [-0.25, -0.2) is 0 Å². The number of hydrogen-bond donors (Lipinski definition) is 2. The van der Waals surface area contributed by atoms with Crippen molar-refractivity contribution in [3.63, 3.8) is 0 Å². The van der Waals surface area contributed by atoms with Crippen LogP contribution in [0.2, 0.25) is 0 Å². The number of ether oxygens (including phenoxy) is 1. The van der Waals surface area contributed by atoms with E-state index in [4.69, 9.17) is 10.5 Å². The number of nitrogens with one attached hydrogen (secondary N) is 1. The van der Waals surface area contributed by atoms with Gasteiger partial charge in [0.15, 0.2) is 0 Å². The van der Waals surface area contributed by atoms with Crippen LogP contribution in [0.4, 0.5) is 11.4 Å². The summed E-state index contributed by atoms with van der Waals surface area (Å²) in [6.45, 7) is 0.680. The van der Waals surface area contributed by atoms with E-state index in [2.05, 4.69) is 5.32 Å². The number of amides is 1. The second kappa shape index (κ2) is 7.90. The van der Waals surface area contributed by atoms with Gasteiger partial charge < -0.3 is 15.8 Å². The number of carbonyl (C=O) groups is 1. The van der Waals surface area contributed by atoms with Gasteiger partial charge in [0.1, 0.15) is 0 Å². The lowest BCUT2D eigenvalue weighted by Gasteiger charge is -2.21. The highest BCUT2D eigenvalue weighted by atomic mass is 16.5. The van der Waals surface area contributed by atoms with Crippen molar-refractivity contribution >= 4 is 17.3 Å². The minimum Gasteiger partial charge on any atom is -0.399 e. The Morgan fingerprint density at radius 1 is 1.20 bits per heavy atom. The molecule has 4 nitrogen and oxygen atoms in total. The Hall–Kier alpha value is -1.55. The SMILES string of the molecule is Nc1ccc(NC(=O)CCCOC2CCCCC2)cc1. The lowest BCUT2D eigenvalue weighted by molar-refractivity contribution is -0.116. The first-order valence-corrected chi connectivity index (χ1v) is 7.51. The Labute approximate surface area is 120 Å². The van der Waals surface area contributed by atoms with E-state index in [0.29, 0.717) is 24.8 Å². The van der Waals surface area contributed by atoms with Crippen LogP contribution in [-0.4, -0.2) is 18.6 Å². The molecule has 0 bridgehead atoms. The maximum absolute atomic E-state index is 11.8. The van der Waals surface area contributed by atoms with Gasteiger partial charge in [0.2, 0.25) is 5.91 Å². The molecule has 3 N–H and O–H groups in total. The largest absolute Gasteiger partial charge is 0.399 e. The van der Waals surface area contributed by atoms with Gasteiger partial charge in [-0.05, 0) is 43.5 Å². The summed E-state index contributed by atoms with van der Waals surface area (Å²) in [6.07, 6.45) is 7.95. The van der Waals surface area contributed by atoms with Gasteiger partial charge in [-0.15, -0.1) is 0 Å². The number of nitrogen functional groups attached to an aromatic ring is 1. The summed E-state index contributed by atoms with van der Waals surface area (Å²) in [4.78, 5) is 11.8. The molecule has 20 heavy (non-hydrogen) atoms. The van der Waals surface area contributed by atoms with Gasteiger partial charge in [0.05, 0.1) is 6.10 Å². The van der Waals surface area contributed by atoms with Crippen LogP contribution in [0.3, 0.4) is 0 Å². The summed E-state index contributed by atoms with van der Waals surface area (Å²) in [5.74, 6) is 0.0296. The van der Waals surface area contributed by atoms with E-state index < -0.39 is 0 Å². The van der Waals surface area contributed by atoms with Crippen molar-refractivity contribution in [2.24, 2.45) is 0 Å². The summed E-state index contributed by atoms with van der Waals surface area (Å²) in [6, 6.07) is 7.18. The number of benzene rings is 1. The molecule has 0 unspecified atom stereocenters. The quantitative estimate of drug-likeness (QED) is 0.618. The minimum absolute atomic E-state index is 0.0296. The minimum atomic E-state index is 0.0296. The fourth-order valence-electron chi connectivity index (χ4n) is 2.50. The molecule has 1 fully saturated rings. The molecule has 0 spiro atoms. The van der Waals surface area contributed by atoms with Crippen molar-refractivity contribution in [2.45, 2.75) is 51.0 Å². The first-order chi connectivity index (χ1) is 9.74. The lowest BCUT2D eigenvalue weighted by Crippen LogP contribution is -2.18. The number of anilines is 2. The van der Waals surface area contributed by atoms with E-state index in [9.17, 15) is 4.79 Å². The van der Waals surface area contributed by atoms with E-state index in [1.165, 1.54) is 32.1 Å². The maximum atomic E-state index is 11.8. The molecule has 4 heteroatoms. The number of hydrogen-bond acceptors (Lipinski definition) is 3. The molecule has 2 rings (SSSR count). The van der Waals surface area contributed by atoms with Crippen LogP contribution in [0.1, 0.15) is 44.9 Å². The molecule has 1 saturated carbocycles. The van der Waals surface area contributed by atoms with Crippen molar-refractivity contribution in [1.29, 1.82) is 0 Å². The average Bonchev–Trinajstić information content (AvgIpc) is 2.47. The molecule has 0 aliphatic heterocycles. The molecular weight excluding hydrogens is 252 g/mol. The van der Waals surface area contributed by atoms with E-state index in [0.717, 1.165) is 12.1 Å². The summed E-state index contributed by atoms with van der Waals surface area (Å²) < 4.78 is 5.80. The molecule has 0 aromatic heterocycles. The van der Waals surface area contributed by atoms with E-state index in [1.807, 2.05) is 12.1 Å². The summed E-state index contributed by atoms with van der Waals surface area (Å²) in [7, 11) is 0. The van der Waals surface area contributed by atoms with Gasteiger partial charge in [0.25, 0.3) is 0 Å². The van der Waals surface area contributed by atoms with Gasteiger partial charge in [-0.1, -0.05) is 19.3 Å². The molecular formula is C16H24N2O2. The predicted molar refractivity (Wildman–Crippen MR) is 81.5 cm³/mol. The van der Waals surface area contributed by atoms with Crippen molar-refractivity contribution in [2.75, 3.05) is 17.7 Å². The smallest absolute Gasteiger partial charge is 0.224 e. The standard InChI is InChI=1S/C16H24N2O2/c17-13-8-10-14(11-9-13)18-16(19)7-4-12-20-15-5-2-1-3-6-15/h8-11,15H,1-7,12,17H2,(H,18,19). The van der Waals surface area contributed by atoms with E-state index in [-0.39, 0.29) is 5.91 Å². The van der Waals surface area contributed by atoms with Crippen LogP contribution in [0.5, 0.6) is 0 Å². The second-order valence-corrected chi connectivity index (χ2v) is 5.40. The number of carbonyl (C=O) groups excluding carboxylic acids is 1. The van der Waals surface area contributed by atoms with Crippen molar-refractivity contribution in [1.82, 2.24) is 0 Å². The molecule has 1 aromatic carbocycles. The zero-order chi connectivity index (χ0) is 14.2. The Bertz CT molecular complexity index is 411. The average molecular weight is 276 g/mol. The maximum Gasteiger partial charge on any atom is 0.224 e. The van der Waals surface area contributed by atoms with Crippen LogP contribution in [-0.2, 0) is 9.53 Å².